The van der Waals surface area contributed by atoms with Crippen molar-refractivity contribution in [3.8, 4) is 0 Å². The molecule has 2 aromatic carbocycles. The molecule has 0 amide bonds. The number of nitrogens with zero attached hydrogens (tertiary/aromatic N) is 3. The lowest BCUT2D eigenvalue weighted by molar-refractivity contribution is 0.0853. The number of aliphatic imine (C=N–C) groups is 1. The maximum absolute atomic E-state index is 6.44. The van der Waals surface area contributed by atoms with Crippen LogP contribution in [0.15, 0.2) is 46.5 Å². The van der Waals surface area contributed by atoms with Gasteiger partial charge < -0.3 is 9.74 Å². The Morgan fingerprint density at radius 2 is 2.00 bits per heavy atom. The second-order valence-electron chi connectivity index (χ2n) is 6.29. The third kappa shape index (κ3) is 4.95. The molecule has 27 heavy (non-hydrogen) atoms. The normalized spacial score (nSPS) is 16.0. The summed E-state index contributed by atoms with van der Waals surface area (Å²) in [6, 6.07) is 11.6. The fourth-order valence-corrected chi connectivity index (χ4v) is 3.23. The Balaban J connectivity index is 0.00000261. The highest BCUT2D eigenvalue weighted by Crippen LogP contribution is 2.37. The average Bonchev–Trinajstić information content (AvgIpc) is 3.11. The van der Waals surface area contributed by atoms with Gasteiger partial charge >= 0.3 is 0 Å². The van der Waals surface area contributed by atoms with E-state index < -0.39 is 0 Å². The Kier molecular flexibility index (Phi) is 7.54. The van der Waals surface area contributed by atoms with Crippen molar-refractivity contribution in [3.63, 3.8) is 0 Å². The first kappa shape index (κ1) is 21.5. The number of oxime groups is 1. The van der Waals surface area contributed by atoms with Gasteiger partial charge in [-0.2, -0.15) is 0 Å². The van der Waals surface area contributed by atoms with Gasteiger partial charge in [-0.1, -0.05) is 46.6 Å². The number of benzene rings is 2. The van der Waals surface area contributed by atoms with E-state index in [1.807, 2.05) is 55.3 Å². The Bertz CT molecular complexity index is 868. The summed E-state index contributed by atoms with van der Waals surface area (Å²) in [5.41, 5.74) is 4.59. The molecule has 0 radical (unpaired) electrons. The molecule has 7 heteroatoms. The first-order valence-corrected chi connectivity index (χ1v) is 9.27. The quantitative estimate of drug-likeness (QED) is 0.421. The van der Waals surface area contributed by atoms with Crippen LogP contribution in [-0.4, -0.2) is 30.5 Å². The summed E-state index contributed by atoms with van der Waals surface area (Å²) in [6.07, 6.45) is 2.27. The third-order valence-corrected chi connectivity index (χ3v) is 5.06. The minimum atomic E-state index is -0.171. The van der Waals surface area contributed by atoms with Crippen LogP contribution in [0.5, 0.6) is 0 Å². The second-order valence-corrected chi connectivity index (χ2v) is 7.11. The van der Waals surface area contributed by atoms with Crippen molar-refractivity contribution >= 4 is 53.3 Å². The largest absolute Gasteiger partial charge is 0.387 e. The standard InChI is InChI=1S/C20H21Cl2N3O.ClH/c1-4-25(3)12-23-19-9-13(2)15(10-17(19)22)20-11-18(24-26-20)14-7-5-6-8-16(14)21;/h5-10,12,20H,4,11H2,1-3H3;1H/b23-12-;. The average molecular weight is 427 g/mol. The summed E-state index contributed by atoms with van der Waals surface area (Å²) >= 11 is 12.7. The van der Waals surface area contributed by atoms with E-state index in [1.54, 1.807) is 6.34 Å². The first-order valence-electron chi connectivity index (χ1n) is 8.51. The van der Waals surface area contributed by atoms with Crippen LogP contribution in [0.1, 0.15) is 36.1 Å². The summed E-state index contributed by atoms with van der Waals surface area (Å²) in [4.78, 5) is 12.1. The molecule has 1 aliphatic heterocycles. The zero-order chi connectivity index (χ0) is 18.7. The molecule has 1 atom stereocenters. The molecule has 0 saturated carbocycles. The molecule has 3 rings (SSSR count). The van der Waals surface area contributed by atoms with E-state index in [0.717, 1.165) is 34.6 Å². The monoisotopic (exact) mass is 425 g/mol. The lowest BCUT2D eigenvalue weighted by Crippen LogP contribution is -2.14. The van der Waals surface area contributed by atoms with Crippen LogP contribution in [0.25, 0.3) is 0 Å². The summed E-state index contributed by atoms with van der Waals surface area (Å²) < 4.78 is 0. The molecule has 1 aliphatic rings. The van der Waals surface area contributed by atoms with Crippen molar-refractivity contribution in [2.45, 2.75) is 26.4 Å². The maximum Gasteiger partial charge on any atom is 0.158 e. The van der Waals surface area contributed by atoms with Gasteiger partial charge in [-0.3, -0.25) is 0 Å². The van der Waals surface area contributed by atoms with E-state index in [1.165, 1.54) is 0 Å². The molecular weight excluding hydrogens is 405 g/mol. The van der Waals surface area contributed by atoms with Crippen LogP contribution < -0.4 is 0 Å². The van der Waals surface area contributed by atoms with Gasteiger partial charge in [0.1, 0.15) is 0 Å². The Morgan fingerprint density at radius 3 is 2.70 bits per heavy atom. The van der Waals surface area contributed by atoms with Gasteiger partial charge in [-0.15, -0.1) is 12.4 Å². The van der Waals surface area contributed by atoms with Crippen molar-refractivity contribution in [3.05, 3.63) is 63.1 Å². The predicted octanol–water partition coefficient (Wildman–Crippen LogP) is 6.20. The van der Waals surface area contributed by atoms with Crippen molar-refractivity contribution < 1.29 is 4.84 Å². The maximum atomic E-state index is 6.44. The van der Waals surface area contributed by atoms with Crippen LogP contribution in [0, 0.1) is 6.92 Å². The highest BCUT2D eigenvalue weighted by molar-refractivity contribution is 6.34. The molecule has 0 spiro atoms. The lowest BCUT2D eigenvalue weighted by Gasteiger charge is -2.14. The third-order valence-electron chi connectivity index (χ3n) is 4.43. The highest BCUT2D eigenvalue weighted by atomic mass is 35.5. The number of halogens is 3. The SMILES string of the molecule is CCN(C)/C=N\c1cc(C)c(C2CC(c3ccccc3Cl)=NO2)cc1Cl.Cl. The van der Waals surface area contributed by atoms with Crippen LogP contribution >= 0.6 is 35.6 Å². The van der Waals surface area contributed by atoms with Gasteiger partial charge in [-0.25, -0.2) is 4.99 Å². The molecule has 0 fully saturated rings. The van der Waals surface area contributed by atoms with E-state index in [9.17, 15) is 0 Å². The van der Waals surface area contributed by atoms with Crippen molar-refractivity contribution in [1.29, 1.82) is 0 Å². The lowest BCUT2D eigenvalue weighted by atomic mass is 9.97. The van der Waals surface area contributed by atoms with Crippen LogP contribution in [-0.2, 0) is 4.84 Å². The molecule has 4 nitrogen and oxygen atoms in total. The number of hydrogen-bond acceptors (Lipinski definition) is 3. The minimum Gasteiger partial charge on any atom is -0.387 e. The van der Waals surface area contributed by atoms with Gasteiger partial charge in [0.05, 0.1) is 22.8 Å². The number of hydrogen-bond donors (Lipinski definition) is 0. The van der Waals surface area contributed by atoms with E-state index in [0.29, 0.717) is 16.5 Å². The first-order chi connectivity index (χ1) is 12.5. The zero-order valence-corrected chi connectivity index (χ0v) is 17.8. The van der Waals surface area contributed by atoms with E-state index in [2.05, 4.69) is 17.1 Å². The number of rotatable bonds is 5. The Hall–Kier alpha value is -1.75. The van der Waals surface area contributed by atoms with E-state index >= 15 is 0 Å². The summed E-state index contributed by atoms with van der Waals surface area (Å²) in [6.45, 7) is 4.98. The Morgan fingerprint density at radius 1 is 1.26 bits per heavy atom. The summed E-state index contributed by atoms with van der Waals surface area (Å²) in [5.74, 6) is 0. The molecule has 1 heterocycles. The molecule has 2 aromatic rings. The van der Waals surface area contributed by atoms with Crippen molar-refractivity contribution in [2.24, 2.45) is 10.1 Å². The second kappa shape index (κ2) is 9.45. The topological polar surface area (TPSA) is 37.2 Å². The van der Waals surface area contributed by atoms with Crippen molar-refractivity contribution in [2.75, 3.05) is 13.6 Å². The van der Waals surface area contributed by atoms with Gasteiger partial charge in [0.15, 0.2) is 6.10 Å². The van der Waals surface area contributed by atoms with Crippen LogP contribution in [0.2, 0.25) is 10.0 Å². The minimum absolute atomic E-state index is 0. The molecule has 0 saturated heterocycles. The predicted molar refractivity (Wildman–Crippen MR) is 116 cm³/mol. The molecule has 0 aliphatic carbocycles. The zero-order valence-electron chi connectivity index (χ0n) is 15.4. The van der Waals surface area contributed by atoms with Gasteiger partial charge in [0, 0.05) is 30.6 Å². The fourth-order valence-electron chi connectivity index (χ4n) is 2.77. The summed E-state index contributed by atoms with van der Waals surface area (Å²) in [5, 5.41) is 5.52. The van der Waals surface area contributed by atoms with E-state index in [-0.39, 0.29) is 18.5 Å². The number of aryl methyl sites for hydroxylation is 1. The van der Waals surface area contributed by atoms with Crippen LogP contribution in [0.4, 0.5) is 5.69 Å². The fraction of sp³-hybridized carbons (Fsp3) is 0.300. The van der Waals surface area contributed by atoms with Crippen molar-refractivity contribution in [1.82, 2.24) is 4.90 Å². The van der Waals surface area contributed by atoms with Gasteiger partial charge in [0.2, 0.25) is 0 Å². The molecule has 0 N–H and O–H groups in total. The van der Waals surface area contributed by atoms with Crippen LogP contribution in [0.3, 0.4) is 0 Å². The molecule has 144 valence electrons. The smallest absolute Gasteiger partial charge is 0.158 e. The highest BCUT2D eigenvalue weighted by Gasteiger charge is 2.27. The summed E-state index contributed by atoms with van der Waals surface area (Å²) in [7, 11) is 1.97. The van der Waals surface area contributed by atoms with Gasteiger partial charge in [0.25, 0.3) is 0 Å². The van der Waals surface area contributed by atoms with E-state index in [4.69, 9.17) is 28.0 Å². The molecule has 1 unspecified atom stereocenters. The molecule has 0 bridgehead atoms. The Labute approximate surface area is 176 Å². The molecular formula is C20H22Cl3N3O. The molecule has 0 aromatic heterocycles. The van der Waals surface area contributed by atoms with Gasteiger partial charge in [-0.05, 0) is 43.2 Å².